The maximum atomic E-state index is 7.10. The van der Waals surface area contributed by atoms with Gasteiger partial charge in [-0.15, -0.1) is 12.4 Å². The molecule has 0 amide bonds. The zero-order valence-electron chi connectivity index (χ0n) is 15.5. The summed E-state index contributed by atoms with van der Waals surface area (Å²) >= 11 is 0. The van der Waals surface area contributed by atoms with Gasteiger partial charge in [0.05, 0.1) is 29.8 Å². The van der Waals surface area contributed by atoms with Crippen LogP contribution in [0.1, 0.15) is 18.5 Å². The van der Waals surface area contributed by atoms with Gasteiger partial charge in [-0.2, -0.15) is 0 Å². The molecule has 0 radical (unpaired) electrons. The van der Waals surface area contributed by atoms with Crippen LogP contribution >= 0.6 is 12.4 Å². The summed E-state index contributed by atoms with van der Waals surface area (Å²) in [6, 6.07) is 12.3. The molecule has 0 unspecified atom stereocenters. The lowest BCUT2D eigenvalue weighted by molar-refractivity contribution is 0.453. The third kappa shape index (κ3) is 3.11. The smallest absolute Gasteiger partial charge is 0.206 e. The molecule has 1 aromatic carbocycles. The fraction of sp³-hybridized carbons (Fsp3) is 0.381. The Bertz CT molecular complexity index is 1020. The number of hydrogen-bond acceptors (Lipinski definition) is 4. The van der Waals surface area contributed by atoms with Crippen LogP contribution in [0.15, 0.2) is 42.6 Å². The van der Waals surface area contributed by atoms with Gasteiger partial charge in [0.2, 0.25) is 11.6 Å². The normalized spacial score (nSPS) is 23.4. The van der Waals surface area contributed by atoms with E-state index in [1.54, 1.807) is 6.20 Å². The number of anilines is 1. The Morgan fingerprint density at radius 3 is 2.75 bits per heavy atom. The standard InChI is InChI=1S/C21H22N6.ClH/c1-23-15-7-8-16(24-10-15)12-27-20-5-3-2-4-19(20)25-21(27)26-11-14-6-9-18(22)17(14)13-26;/h2-5,7-8,10,14,17-18H,6,9,11-13,22H2;1H/t14-,17+,18-;/m1./s1. The Labute approximate surface area is 170 Å². The maximum absolute atomic E-state index is 7.10. The fourth-order valence-electron chi connectivity index (χ4n) is 4.67. The summed E-state index contributed by atoms with van der Waals surface area (Å²) in [4.78, 5) is 15.2. The lowest BCUT2D eigenvalue weighted by Gasteiger charge is -2.21. The van der Waals surface area contributed by atoms with E-state index in [2.05, 4.69) is 37.5 Å². The first-order valence-corrected chi connectivity index (χ1v) is 9.51. The minimum atomic E-state index is 0. The van der Waals surface area contributed by atoms with E-state index in [-0.39, 0.29) is 12.4 Å². The number of fused-ring (bicyclic) bond motifs is 2. The van der Waals surface area contributed by atoms with E-state index in [0.717, 1.165) is 42.2 Å². The number of benzene rings is 1. The van der Waals surface area contributed by atoms with Crippen molar-refractivity contribution in [2.75, 3.05) is 18.0 Å². The van der Waals surface area contributed by atoms with Crippen LogP contribution in [-0.4, -0.2) is 33.7 Å². The van der Waals surface area contributed by atoms with Crippen LogP contribution in [0, 0.1) is 18.4 Å². The second-order valence-corrected chi connectivity index (χ2v) is 7.68. The molecule has 3 heterocycles. The molecule has 1 saturated carbocycles. The zero-order chi connectivity index (χ0) is 18.4. The molecule has 1 aliphatic carbocycles. The lowest BCUT2D eigenvalue weighted by atomic mass is 9.98. The van der Waals surface area contributed by atoms with E-state index in [4.69, 9.17) is 17.3 Å². The van der Waals surface area contributed by atoms with Crippen LogP contribution in [0.2, 0.25) is 0 Å². The van der Waals surface area contributed by atoms with Gasteiger partial charge in [-0.1, -0.05) is 18.2 Å². The number of aromatic nitrogens is 3. The topological polar surface area (TPSA) is 64.3 Å². The summed E-state index contributed by atoms with van der Waals surface area (Å²) in [5, 5.41) is 0. The van der Waals surface area contributed by atoms with Crippen LogP contribution in [-0.2, 0) is 6.54 Å². The number of nitrogens with zero attached hydrogens (tertiary/aromatic N) is 5. The van der Waals surface area contributed by atoms with E-state index < -0.39 is 0 Å². The minimum absolute atomic E-state index is 0. The Morgan fingerprint density at radius 1 is 1.14 bits per heavy atom. The van der Waals surface area contributed by atoms with Crippen LogP contribution in [0.4, 0.5) is 11.6 Å². The van der Waals surface area contributed by atoms with Crippen LogP contribution in [0.5, 0.6) is 0 Å². The van der Waals surface area contributed by atoms with Crippen LogP contribution in [0.25, 0.3) is 15.9 Å². The Balaban J connectivity index is 0.00000192. The highest BCUT2D eigenvalue weighted by molar-refractivity contribution is 5.85. The van der Waals surface area contributed by atoms with Gasteiger partial charge < -0.3 is 15.2 Å². The Morgan fingerprint density at radius 2 is 2.00 bits per heavy atom. The molecule has 1 saturated heterocycles. The molecule has 1 aliphatic heterocycles. The summed E-state index contributed by atoms with van der Waals surface area (Å²) in [6.07, 6.45) is 4.01. The predicted octanol–water partition coefficient (Wildman–Crippen LogP) is 3.63. The van der Waals surface area contributed by atoms with Gasteiger partial charge >= 0.3 is 0 Å². The number of imidazole rings is 1. The maximum Gasteiger partial charge on any atom is 0.206 e. The van der Waals surface area contributed by atoms with Crippen molar-refractivity contribution in [2.24, 2.45) is 17.6 Å². The molecule has 0 spiro atoms. The Hall–Kier alpha value is -2.62. The first-order chi connectivity index (χ1) is 13.2. The quantitative estimate of drug-likeness (QED) is 0.689. The highest BCUT2D eigenvalue weighted by Crippen LogP contribution is 2.39. The van der Waals surface area contributed by atoms with Crippen molar-refractivity contribution in [3.05, 3.63) is 59.7 Å². The highest BCUT2D eigenvalue weighted by atomic mass is 35.5. The number of rotatable bonds is 3. The van der Waals surface area contributed by atoms with Crippen molar-refractivity contribution < 1.29 is 0 Å². The molecule has 3 aromatic rings. The van der Waals surface area contributed by atoms with E-state index in [1.165, 1.54) is 6.42 Å². The van der Waals surface area contributed by atoms with Gasteiger partial charge in [0, 0.05) is 25.3 Å². The third-order valence-corrected chi connectivity index (χ3v) is 6.09. The molecule has 2 aliphatic rings. The van der Waals surface area contributed by atoms with Gasteiger partial charge in [-0.3, -0.25) is 4.98 Å². The first-order valence-electron chi connectivity index (χ1n) is 9.51. The molecule has 6 nitrogen and oxygen atoms in total. The van der Waals surface area contributed by atoms with Gasteiger partial charge in [0.25, 0.3) is 0 Å². The molecular formula is C21H23ClN6. The molecule has 5 rings (SSSR count). The molecule has 3 atom stereocenters. The molecular weight excluding hydrogens is 372 g/mol. The van der Waals surface area contributed by atoms with Gasteiger partial charge in [0.1, 0.15) is 0 Å². The second kappa shape index (κ2) is 7.42. The van der Waals surface area contributed by atoms with Crippen molar-refractivity contribution in [3.63, 3.8) is 0 Å². The molecule has 2 N–H and O–H groups in total. The van der Waals surface area contributed by atoms with Crippen molar-refractivity contribution in [1.82, 2.24) is 14.5 Å². The van der Waals surface area contributed by atoms with E-state index >= 15 is 0 Å². The summed E-state index contributed by atoms with van der Waals surface area (Å²) in [7, 11) is 0. The molecule has 144 valence electrons. The number of hydrogen-bond donors (Lipinski definition) is 1. The summed E-state index contributed by atoms with van der Waals surface area (Å²) in [6.45, 7) is 9.76. The second-order valence-electron chi connectivity index (χ2n) is 7.68. The largest absolute Gasteiger partial charge is 0.342 e. The van der Waals surface area contributed by atoms with Gasteiger partial charge in [0.15, 0.2) is 0 Å². The highest BCUT2D eigenvalue weighted by Gasteiger charge is 2.42. The Kier molecular flexibility index (Phi) is 4.96. The average Bonchev–Trinajstić information content (AvgIpc) is 3.37. The zero-order valence-corrected chi connectivity index (χ0v) is 16.3. The van der Waals surface area contributed by atoms with E-state index in [0.29, 0.717) is 30.1 Å². The van der Waals surface area contributed by atoms with Crippen molar-refractivity contribution in [1.29, 1.82) is 0 Å². The summed E-state index contributed by atoms with van der Waals surface area (Å²) in [5.41, 5.74) is 9.96. The lowest BCUT2D eigenvalue weighted by Crippen LogP contribution is -2.31. The van der Waals surface area contributed by atoms with Crippen molar-refractivity contribution in [2.45, 2.75) is 25.4 Å². The number of halogens is 1. The SMILES string of the molecule is Cl.[C-]#[N+]c1ccc(Cn2c(N3C[C@H]4CC[C@@H](N)[C@H]4C3)nc3ccccc32)nc1. The van der Waals surface area contributed by atoms with Crippen LogP contribution < -0.4 is 10.6 Å². The van der Waals surface area contributed by atoms with Gasteiger partial charge in [-0.25, -0.2) is 9.83 Å². The fourth-order valence-corrected chi connectivity index (χ4v) is 4.67. The molecule has 2 fully saturated rings. The molecule has 7 heteroatoms. The number of nitrogens with two attached hydrogens (primary N) is 1. The van der Waals surface area contributed by atoms with Crippen molar-refractivity contribution in [3.8, 4) is 0 Å². The average molecular weight is 395 g/mol. The van der Waals surface area contributed by atoms with Crippen molar-refractivity contribution >= 4 is 35.1 Å². The predicted molar refractivity (Wildman–Crippen MR) is 113 cm³/mol. The monoisotopic (exact) mass is 394 g/mol. The van der Waals surface area contributed by atoms with Crippen LogP contribution in [0.3, 0.4) is 0 Å². The van der Waals surface area contributed by atoms with E-state index in [9.17, 15) is 0 Å². The molecule has 28 heavy (non-hydrogen) atoms. The number of para-hydroxylation sites is 2. The van der Waals surface area contributed by atoms with Gasteiger partial charge in [-0.05, 0) is 42.9 Å². The third-order valence-electron chi connectivity index (χ3n) is 6.09. The summed E-state index contributed by atoms with van der Waals surface area (Å²) < 4.78 is 2.25. The first kappa shape index (κ1) is 18.7. The number of pyridine rings is 1. The molecule has 0 bridgehead atoms. The molecule has 2 aromatic heterocycles. The minimum Gasteiger partial charge on any atom is -0.342 e. The summed E-state index contributed by atoms with van der Waals surface area (Å²) in [5.74, 6) is 2.27. The van der Waals surface area contributed by atoms with E-state index in [1.807, 2.05) is 18.2 Å².